The van der Waals surface area contributed by atoms with Gasteiger partial charge >= 0.3 is 34.5 Å². The molecule has 12 heavy (non-hydrogen) atoms. The van der Waals surface area contributed by atoms with Crippen molar-refractivity contribution in [2.45, 2.75) is 13.1 Å². The number of rotatable bonds is 0. The van der Waals surface area contributed by atoms with Crippen LogP contribution in [0.2, 0.25) is 0 Å². The number of carbonyl (C=O) groups excluding carboxylic acids is 1. The summed E-state index contributed by atoms with van der Waals surface area (Å²) < 4.78 is 31.7. The topological polar surface area (TPSA) is 77.4 Å². The maximum Gasteiger partial charge on any atom is 1.00 e. The number of hydrogen-bond acceptors (Lipinski definition) is 3. The molecule has 76 valence electrons. The van der Waals surface area contributed by atoms with Crippen molar-refractivity contribution in [2.24, 2.45) is 0 Å². The van der Waals surface area contributed by atoms with Crippen LogP contribution in [0, 0.1) is 0 Å². The summed E-state index contributed by atoms with van der Waals surface area (Å²) in [5, 5.41) is 16.0. The zero-order chi connectivity index (χ0) is 9.65. The van der Waals surface area contributed by atoms with E-state index in [-0.39, 0.29) is 22.4 Å². The molecule has 0 aliphatic carbocycles. The fraction of sp³-hybridized carbons (Fsp3) is 0.500. The summed E-state index contributed by atoms with van der Waals surface area (Å²) in [6, 6.07) is 0. The Morgan fingerprint density at radius 1 is 1.33 bits per heavy atom. The Morgan fingerprint density at radius 3 is 1.42 bits per heavy atom. The maximum absolute atomic E-state index is 10.6. The van der Waals surface area contributed by atoms with Gasteiger partial charge in [0, 0.05) is 5.97 Å². The molecule has 8 heteroatoms. The second kappa shape index (κ2) is 7.14. The van der Waals surface area contributed by atoms with Gasteiger partial charge in [0.25, 0.3) is 0 Å². The van der Waals surface area contributed by atoms with E-state index < -0.39 is 18.1 Å². The minimum Gasteiger partial charge on any atom is -0.550 e. The van der Waals surface area contributed by atoms with Crippen LogP contribution in [0.5, 0.6) is 0 Å². The number of carboxylic acids is 2. The first-order valence-corrected chi connectivity index (χ1v) is 2.15. The van der Waals surface area contributed by atoms with Crippen LogP contribution < -0.4 is 5.11 Å². The average molecular weight is 281 g/mol. The first-order chi connectivity index (χ1) is 4.68. The van der Waals surface area contributed by atoms with E-state index in [2.05, 4.69) is 0 Å². The van der Waals surface area contributed by atoms with Gasteiger partial charge in [-0.1, -0.05) is 0 Å². The van der Waals surface area contributed by atoms with Gasteiger partial charge in [-0.05, 0) is 6.92 Å². The van der Waals surface area contributed by atoms with Crippen LogP contribution in [0.1, 0.15) is 6.92 Å². The summed E-state index contributed by atoms with van der Waals surface area (Å²) in [4.78, 5) is 17.8. The number of halogens is 3. The monoisotopic (exact) mass is 280 g/mol. The molecule has 0 saturated heterocycles. The summed E-state index contributed by atoms with van der Waals surface area (Å²) in [7, 11) is 0. The third-order valence-corrected chi connectivity index (χ3v) is 0.243. The second-order valence-electron chi connectivity index (χ2n) is 1.29. The minimum atomic E-state index is -5.08. The summed E-state index contributed by atoms with van der Waals surface area (Å²) >= 11 is 0. The van der Waals surface area contributed by atoms with Gasteiger partial charge in [0.15, 0.2) is 0 Å². The molecule has 4 nitrogen and oxygen atoms in total. The zero-order valence-corrected chi connectivity index (χ0v) is 7.09. The number of carbonyl (C=O) groups is 2. The van der Waals surface area contributed by atoms with Gasteiger partial charge in [-0.15, -0.1) is 0 Å². The third kappa shape index (κ3) is 22.7. The Hall–Kier alpha value is -0.530. The predicted octanol–water partition coefficient (Wildman–Crippen LogP) is -0.613. The van der Waals surface area contributed by atoms with Gasteiger partial charge < -0.3 is 15.0 Å². The molecule has 0 rings (SSSR count). The first-order valence-electron chi connectivity index (χ1n) is 2.15. The molecule has 0 fully saturated rings. The molecule has 0 aromatic rings. The number of hydrogen-bond donors (Lipinski definition) is 1. The van der Waals surface area contributed by atoms with Gasteiger partial charge in [0.2, 0.25) is 0 Å². The molecule has 0 amide bonds. The normalized spacial score (nSPS) is 8.67. The van der Waals surface area contributed by atoms with E-state index in [0.717, 1.165) is 6.92 Å². The molecule has 0 saturated carbocycles. The summed E-state index contributed by atoms with van der Waals surface area (Å²) in [6.45, 7) is 0.972. The van der Waals surface area contributed by atoms with Crippen molar-refractivity contribution < 1.29 is 55.4 Å². The van der Waals surface area contributed by atoms with E-state index in [1.165, 1.54) is 0 Å². The van der Waals surface area contributed by atoms with E-state index >= 15 is 0 Å². The molecule has 0 aliphatic heterocycles. The summed E-state index contributed by atoms with van der Waals surface area (Å²) in [5.74, 6) is -3.84. The van der Waals surface area contributed by atoms with Crippen molar-refractivity contribution in [3.63, 3.8) is 0 Å². The van der Waals surface area contributed by atoms with Gasteiger partial charge in [0.05, 0.1) is 0 Å². The van der Waals surface area contributed by atoms with Gasteiger partial charge in [0.1, 0.15) is 0 Å². The Labute approximate surface area is 80.9 Å². The minimum absolute atomic E-state index is 0. The molecule has 0 aromatic carbocycles. The molecule has 0 aliphatic rings. The van der Waals surface area contributed by atoms with Crippen LogP contribution in [-0.4, -0.2) is 23.2 Å². The van der Waals surface area contributed by atoms with Crippen molar-refractivity contribution in [1.29, 1.82) is 0 Å². The number of carboxylic acid groups (broad SMARTS) is 2. The summed E-state index contributed by atoms with van der Waals surface area (Å²) in [6.07, 6.45) is -5.08. The quantitative estimate of drug-likeness (QED) is 0.601. The van der Waals surface area contributed by atoms with Crippen LogP contribution in [-0.2, 0) is 32.0 Å². The van der Waals surface area contributed by atoms with Gasteiger partial charge in [-0.3, -0.25) is 0 Å². The van der Waals surface area contributed by atoms with Crippen LogP contribution in [0.4, 0.5) is 13.2 Å². The largest absolute Gasteiger partial charge is 1.00 e. The van der Waals surface area contributed by atoms with E-state index in [4.69, 9.17) is 19.8 Å². The second-order valence-corrected chi connectivity index (χ2v) is 1.29. The van der Waals surface area contributed by atoms with Crippen LogP contribution in [0.15, 0.2) is 0 Å². The Bertz CT molecular complexity index is 151. The van der Waals surface area contributed by atoms with Crippen LogP contribution >= 0.6 is 0 Å². The SMILES string of the molecule is CC(=O)[O-].O=C(O)C(F)(F)F.[Ag+]. The maximum atomic E-state index is 10.6. The van der Waals surface area contributed by atoms with E-state index in [9.17, 15) is 13.2 Å². The smallest absolute Gasteiger partial charge is 0.550 e. The molecule has 0 radical (unpaired) electrons. The van der Waals surface area contributed by atoms with Crippen LogP contribution in [0.25, 0.3) is 0 Å². The van der Waals surface area contributed by atoms with E-state index in [1.807, 2.05) is 0 Å². The predicted molar refractivity (Wildman–Crippen MR) is 24.4 cm³/mol. The zero-order valence-electron chi connectivity index (χ0n) is 5.61. The van der Waals surface area contributed by atoms with E-state index in [0.29, 0.717) is 0 Å². The Morgan fingerprint density at radius 2 is 1.42 bits per heavy atom. The molecule has 0 heterocycles. The van der Waals surface area contributed by atoms with Crippen molar-refractivity contribution in [3.05, 3.63) is 0 Å². The fourth-order valence-electron chi connectivity index (χ4n) is 0. The number of alkyl halides is 3. The Kier molecular flexibility index (Phi) is 10.4. The van der Waals surface area contributed by atoms with Crippen molar-refractivity contribution >= 4 is 11.9 Å². The molecule has 0 aromatic heterocycles. The van der Waals surface area contributed by atoms with Crippen LogP contribution in [0.3, 0.4) is 0 Å². The van der Waals surface area contributed by atoms with Crippen molar-refractivity contribution in [3.8, 4) is 0 Å². The third-order valence-electron chi connectivity index (χ3n) is 0.243. The molecule has 1 N–H and O–H groups in total. The fourth-order valence-corrected chi connectivity index (χ4v) is 0. The van der Waals surface area contributed by atoms with Gasteiger partial charge in [-0.2, -0.15) is 13.2 Å². The molecule has 0 unspecified atom stereocenters. The molecular weight excluding hydrogens is 277 g/mol. The average Bonchev–Trinajstić information content (AvgIpc) is 1.59. The Balaban J connectivity index is -0.000000142. The summed E-state index contributed by atoms with van der Waals surface area (Å²) in [5.41, 5.74) is 0. The number of aliphatic carboxylic acids is 2. The first kappa shape index (κ1) is 17.5. The molecule has 0 bridgehead atoms. The van der Waals surface area contributed by atoms with Gasteiger partial charge in [-0.25, -0.2) is 4.79 Å². The molecular formula is C4H4AgF3O4. The van der Waals surface area contributed by atoms with Crippen molar-refractivity contribution in [2.75, 3.05) is 0 Å². The van der Waals surface area contributed by atoms with Crippen molar-refractivity contribution in [1.82, 2.24) is 0 Å². The molecule has 0 spiro atoms. The molecule has 0 atom stereocenters. The standard InChI is InChI=1S/C2HF3O2.C2H4O2.Ag/c3-2(4,5)1(6)7;1-2(3)4;/h(H,6,7);1H3,(H,3,4);/q;;+1/p-1. The van der Waals surface area contributed by atoms with E-state index in [1.54, 1.807) is 0 Å².